The maximum atomic E-state index is 13.0. The first-order chi connectivity index (χ1) is 9.62. The molecule has 2 aromatic rings. The Morgan fingerprint density at radius 3 is 2.75 bits per heavy atom. The molecule has 1 N–H and O–H groups in total. The monoisotopic (exact) mass is 275 g/mol. The van der Waals surface area contributed by atoms with Crippen LogP contribution in [0.1, 0.15) is 25.2 Å². The van der Waals surface area contributed by atoms with Crippen molar-refractivity contribution in [2.45, 2.75) is 33.2 Å². The normalized spacial score (nSPS) is 10.6. The highest BCUT2D eigenvalue weighted by atomic mass is 19.1. The van der Waals surface area contributed by atoms with Crippen molar-refractivity contribution in [3.63, 3.8) is 0 Å². The predicted molar refractivity (Wildman–Crippen MR) is 76.0 cm³/mol. The van der Waals surface area contributed by atoms with Gasteiger partial charge in [-0.1, -0.05) is 19.9 Å². The summed E-state index contributed by atoms with van der Waals surface area (Å²) in [6, 6.07) is 7.86. The zero-order valence-electron chi connectivity index (χ0n) is 11.7. The minimum atomic E-state index is -0.371. The summed E-state index contributed by atoms with van der Waals surface area (Å²) in [7, 11) is 0. The second kappa shape index (κ2) is 6.32. The van der Waals surface area contributed by atoms with Crippen LogP contribution in [0.25, 0.3) is 0 Å². The zero-order chi connectivity index (χ0) is 14.5. The van der Waals surface area contributed by atoms with Crippen molar-refractivity contribution in [1.82, 2.24) is 9.78 Å². The number of nitrogens with one attached hydrogen (secondary N) is 1. The van der Waals surface area contributed by atoms with Gasteiger partial charge in [-0.3, -0.25) is 9.48 Å². The molecular formula is C15H18FN3O. The molecule has 20 heavy (non-hydrogen) atoms. The first-order valence-electron chi connectivity index (χ1n) is 6.73. The smallest absolute Gasteiger partial charge is 0.246 e. The van der Waals surface area contributed by atoms with Crippen LogP contribution in [0.4, 0.5) is 10.1 Å². The van der Waals surface area contributed by atoms with Gasteiger partial charge in [0.2, 0.25) is 5.91 Å². The molecule has 106 valence electrons. The summed E-state index contributed by atoms with van der Waals surface area (Å²) >= 11 is 0. The summed E-state index contributed by atoms with van der Waals surface area (Å²) in [5.41, 5.74) is 2.45. The van der Waals surface area contributed by atoms with E-state index in [0.29, 0.717) is 5.69 Å². The number of benzene rings is 1. The van der Waals surface area contributed by atoms with Gasteiger partial charge in [0.25, 0.3) is 0 Å². The van der Waals surface area contributed by atoms with Crippen molar-refractivity contribution in [1.29, 1.82) is 0 Å². The molecule has 0 bridgehead atoms. The van der Waals surface area contributed by atoms with Crippen LogP contribution in [-0.2, 0) is 24.2 Å². The lowest BCUT2D eigenvalue weighted by atomic mass is 10.2. The van der Waals surface area contributed by atoms with Gasteiger partial charge in [-0.05, 0) is 37.1 Å². The van der Waals surface area contributed by atoms with Crippen LogP contribution in [0.3, 0.4) is 0 Å². The molecule has 0 radical (unpaired) electrons. The van der Waals surface area contributed by atoms with E-state index in [1.807, 2.05) is 19.9 Å². The highest BCUT2D eigenvalue weighted by molar-refractivity contribution is 5.90. The third-order valence-electron chi connectivity index (χ3n) is 3.04. The predicted octanol–water partition coefficient (Wildman–Crippen LogP) is 2.79. The van der Waals surface area contributed by atoms with Gasteiger partial charge in [0.05, 0.1) is 5.69 Å². The lowest BCUT2D eigenvalue weighted by molar-refractivity contribution is -0.116. The average molecular weight is 275 g/mol. The van der Waals surface area contributed by atoms with E-state index in [9.17, 15) is 9.18 Å². The molecule has 0 aliphatic heterocycles. The molecule has 5 heteroatoms. The number of carbonyl (C=O) groups is 1. The van der Waals surface area contributed by atoms with Crippen molar-refractivity contribution in [2.75, 3.05) is 5.32 Å². The highest BCUT2D eigenvalue weighted by Gasteiger charge is 2.10. The molecule has 1 aromatic carbocycles. The Kier molecular flexibility index (Phi) is 4.50. The fraction of sp³-hybridized carbons (Fsp3) is 0.333. The van der Waals surface area contributed by atoms with Crippen LogP contribution in [0.15, 0.2) is 30.3 Å². The van der Waals surface area contributed by atoms with Crippen molar-refractivity contribution in [3.05, 3.63) is 47.5 Å². The molecule has 0 aliphatic carbocycles. The first kappa shape index (κ1) is 14.2. The molecular weight excluding hydrogens is 257 g/mol. The van der Waals surface area contributed by atoms with Gasteiger partial charge in [-0.2, -0.15) is 5.10 Å². The van der Waals surface area contributed by atoms with Crippen molar-refractivity contribution >= 4 is 11.6 Å². The van der Waals surface area contributed by atoms with E-state index in [1.165, 1.54) is 12.1 Å². The molecule has 0 saturated carbocycles. The number of anilines is 1. The Bertz CT molecular complexity index is 607. The standard InChI is InChI=1S/C15H18FN3O/c1-3-12-9-14(4-2)19(18-12)10-15(20)17-13-7-5-6-11(16)8-13/h5-9H,3-4,10H2,1-2H3,(H,17,20). The molecule has 0 aliphatic rings. The molecule has 1 heterocycles. The van der Waals surface area contributed by atoms with Crippen LogP contribution < -0.4 is 5.32 Å². The minimum Gasteiger partial charge on any atom is -0.324 e. The Balaban J connectivity index is 2.06. The van der Waals surface area contributed by atoms with E-state index in [4.69, 9.17) is 0 Å². The van der Waals surface area contributed by atoms with E-state index in [-0.39, 0.29) is 18.3 Å². The largest absolute Gasteiger partial charge is 0.324 e. The lowest BCUT2D eigenvalue weighted by Gasteiger charge is -2.07. The zero-order valence-corrected chi connectivity index (χ0v) is 11.7. The Morgan fingerprint density at radius 2 is 2.10 bits per heavy atom. The van der Waals surface area contributed by atoms with Crippen LogP contribution in [0, 0.1) is 5.82 Å². The minimum absolute atomic E-state index is 0.139. The number of amides is 1. The van der Waals surface area contributed by atoms with Crippen molar-refractivity contribution in [2.24, 2.45) is 0 Å². The fourth-order valence-electron chi connectivity index (χ4n) is 2.01. The third kappa shape index (κ3) is 3.44. The van der Waals surface area contributed by atoms with Crippen molar-refractivity contribution < 1.29 is 9.18 Å². The second-order valence-electron chi connectivity index (χ2n) is 4.55. The highest BCUT2D eigenvalue weighted by Crippen LogP contribution is 2.10. The molecule has 0 unspecified atom stereocenters. The SMILES string of the molecule is CCc1cc(CC)n(CC(=O)Nc2cccc(F)c2)n1. The maximum Gasteiger partial charge on any atom is 0.246 e. The maximum absolute atomic E-state index is 13.0. The number of rotatable bonds is 5. The van der Waals surface area contributed by atoms with Crippen LogP contribution in [0.5, 0.6) is 0 Å². The molecule has 0 saturated heterocycles. The molecule has 0 atom stereocenters. The average Bonchev–Trinajstić information content (AvgIpc) is 2.80. The van der Waals surface area contributed by atoms with Crippen LogP contribution in [-0.4, -0.2) is 15.7 Å². The number of halogens is 1. The number of aromatic nitrogens is 2. The topological polar surface area (TPSA) is 46.9 Å². The summed E-state index contributed by atoms with van der Waals surface area (Å²) in [6.45, 7) is 4.19. The summed E-state index contributed by atoms with van der Waals surface area (Å²) in [4.78, 5) is 12.0. The second-order valence-corrected chi connectivity index (χ2v) is 4.55. The van der Waals surface area contributed by atoms with Gasteiger partial charge < -0.3 is 5.32 Å². The number of carbonyl (C=O) groups excluding carboxylic acids is 1. The Morgan fingerprint density at radius 1 is 1.30 bits per heavy atom. The van der Waals surface area contributed by atoms with Gasteiger partial charge in [-0.15, -0.1) is 0 Å². The molecule has 4 nitrogen and oxygen atoms in total. The number of aryl methyl sites for hydroxylation is 2. The molecule has 0 fully saturated rings. The molecule has 2 rings (SSSR count). The van der Waals surface area contributed by atoms with Crippen molar-refractivity contribution in [3.8, 4) is 0 Å². The molecule has 1 aromatic heterocycles. The first-order valence-corrected chi connectivity index (χ1v) is 6.73. The van der Waals surface area contributed by atoms with E-state index in [2.05, 4.69) is 10.4 Å². The van der Waals surface area contributed by atoms with E-state index in [0.717, 1.165) is 24.2 Å². The molecule has 1 amide bonds. The summed E-state index contributed by atoms with van der Waals surface area (Å²) in [5, 5.41) is 7.05. The molecule has 0 spiro atoms. The van der Waals surface area contributed by atoms with E-state index >= 15 is 0 Å². The Labute approximate surface area is 117 Å². The summed E-state index contributed by atoms with van der Waals surface area (Å²) in [6.07, 6.45) is 1.66. The quantitative estimate of drug-likeness (QED) is 0.912. The van der Waals surface area contributed by atoms with E-state index in [1.54, 1.807) is 16.8 Å². The Hall–Kier alpha value is -2.17. The summed E-state index contributed by atoms with van der Waals surface area (Å²) in [5.74, 6) is -0.583. The van der Waals surface area contributed by atoms with E-state index < -0.39 is 0 Å². The number of hydrogen-bond acceptors (Lipinski definition) is 2. The van der Waals surface area contributed by atoms with Crippen LogP contribution >= 0.6 is 0 Å². The van der Waals surface area contributed by atoms with Gasteiger partial charge >= 0.3 is 0 Å². The van der Waals surface area contributed by atoms with Crippen LogP contribution in [0.2, 0.25) is 0 Å². The number of nitrogens with zero attached hydrogens (tertiary/aromatic N) is 2. The fourth-order valence-corrected chi connectivity index (χ4v) is 2.01. The lowest BCUT2D eigenvalue weighted by Crippen LogP contribution is -2.20. The summed E-state index contributed by atoms with van der Waals surface area (Å²) < 4.78 is 14.7. The third-order valence-corrected chi connectivity index (χ3v) is 3.04. The van der Waals surface area contributed by atoms with Gasteiger partial charge in [-0.25, -0.2) is 4.39 Å². The van der Waals surface area contributed by atoms with Gasteiger partial charge in [0.15, 0.2) is 0 Å². The van der Waals surface area contributed by atoms with Gasteiger partial charge in [0.1, 0.15) is 12.4 Å². The number of hydrogen-bond donors (Lipinski definition) is 1. The van der Waals surface area contributed by atoms with Gasteiger partial charge in [0, 0.05) is 11.4 Å².